The zero-order valence-electron chi connectivity index (χ0n) is 16.2. The van der Waals surface area contributed by atoms with Crippen molar-refractivity contribution >= 4 is 19.2 Å². The molecule has 1 aliphatic carbocycles. The molecule has 2 nitrogen and oxygen atoms in total. The van der Waals surface area contributed by atoms with Crippen LogP contribution in [0.3, 0.4) is 0 Å². The topological polar surface area (TPSA) is 26.3 Å². The molecule has 0 radical (unpaired) electrons. The van der Waals surface area contributed by atoms with Crippen LogP contribution in [-0.2, 0) is 9.53 Å². The molecule has 134 valence electrons. The molecule has 24 heavy (non-hydrogen) atoms. The van der Waals surface area contributed by atoms with Crippen LogP contribution in [0.2, 0.25) is 18.6 Å². The summed E-state index contributed by atoms with van der Waals surface area (Å²) in [5.41, 5.74) is -0.0232. The van der Waals surface area contributed by atoms with E-state index in [2.05, 4.69) is 65.1 Å². The van der Waals surface area contributed by atoms with E-state index in [9.17, 15) is 4.79 Å². The molecule has 1 aromatic carbocycles. The van der Waals surface area contributed by atoms with Crippen molar-refractivity contribution in [2.45, 2.75) is 71.7 Å². The van der Waals surface area contributed by atoms with E-state index >= 15 is 0 Å². The second kappa shape index (κ2) is 7.86. The van der Waals surface area contributed by atoms with E-state index in [1.54, 1.807) is 0 Å². The van der Waals surface area contributed by atoms with Gasteiger partial charge in [-0.15, -0.1) is 0 Å². The molecule has 4 atom stereocenters. The average Bonchev–Trinajstić information content (AvgIpc) is 2.54. The summed E-state index contributed by atoms with van der Waals surface area (Å²) in [6.07, 6.45) is 3.57. The van der Waals surface area contributed by atoms with E-state index in [0.717, 1.165) is 6.42 Å². The summed E-state index contributed by atoms with van der Waals surface area (Å²) in [5, 5.41) is 1.33. The maximum Gasteiger partial charge on any atom is 0.306 e. The van der Waals surface area contributed by atoms with Crippen molar-refractivity contribution in [1.29, 1.82) is 0 Å². The van der Waals surface area contributed by atoms with Gasteiger partial charge in [-0.05, 0) is 30.6 Å². The highest BCUT2D eigenvalue weighted by atomic mass is 28.3. The number of rotatable bonds is 5. The number of benzene rings is 1. The quantitative estimate of drug-likeness (QED) is 0.554. The molecule has 0 bridgehead atoms. The first-order valence-corrected chi connectivity index (χ1v) is 12.6. The highest BCUT2D eigenvalue weighted by Crippen LogP contribution is 2.36. The molecule has 0 aliphatic heterocycles. The first kappa shape index (κ1) is 19.2. The van der Waals surface area contributed by atoms with Crippen molar-refractivity contribution in [3.05, 3.63) is 30.3 Å². The van der Waals surface area contributed by atoms with Gasteiger partial charge in [-0.3, -0.25) is 4.79 Å². The van der Waals surface area contributed by atoms with E-state index in [1.807, 2.05) is 6.07 Å². The normalized spacial score (nSPS) is 26.2. The molecule has 0 N–H and O–H groups in total. The highest BCUT2D eigenvalue weighted by molar-refractivity contribution is 6.93. The summed E-state index contributed by atoms with van der Waals surface area (Å²) in [4.78, 5) is 12.9. The Balaban J connectivity index is 2.09. The second-order valence-corrected chi connectivity index (χ2v) is 13.5. The Labute approximate surface area is 149 Å². The van der Waals surface area contributed by atoms with Crippen LogP contribution in [0, 0.1) is 17.8 Å². The summed E-state index contributed by atoms with van der Waals surface area (Å²) in [6, 6.07) is 10.5. The first-order valence-electron chi connectivity index (χ1n) is 9.49. The summed E-state index contributed by atoms with van der Waals surface area (Å²) in [6.45, 7) is 13.4. The Bertz CT molecular complexity index is 538. The van der Waals surface area contributed by atoms with Crippen molar-refractivity contribution < 1.29 is 9.53 Å². The Hall–Kier alpha value is -1.09. The molecule has 0 aromatic heterocycles. The van der Waals surface area contributed by atoms with E-state index in [4.69, 9.17) is 4.74 Å². The Kier molecular flexibility index (Phi) is 6.30. The zero-order valence-corrected chi connectivity index (χ0v) is 17.2. The van der Waals surface area contributed by atoms with E-state index in [0.29, 0.717) is 17.8 Å². The van der Waals surface area contributed by atoms with E-state index < -0.39 is 8.07 Å². The van der Waals surface area contributed by atoms with Crippen molar-refractivity contribution in [2.75, 3.05) is 0 Å². The van der Waals surface area contributed by atoms with Crippen molar-refractivity contribution in [3.63, 3.8) is 0 Å². The van der Waals surface area contributed by atoms with Crippen LogP contribution in [0.5, 0.6) is 0 Å². The fraction of sp³-hybridized carbons (Fsp3) is 0.667. The minimum absolute atomic E-state index is 0.0141. The maximum atomic E-state index is 12.9. The fourth-order valence-electron chi connectivity index (χ4n) is 3.91. The molecule has 0 spiro atoms. The van der Waals surface area contributed by atoms with Crippen LogP contribution in [0.25, 0.3) is 0 Å². The highest BCUT2D eigenvalue weighted by Gasteiger charge is 2.39. The number of carbonyl (C=O) groups is 1. The van der Waals surface area contributed by atoms with Crippen molar-refractivity contribution in [3.8, 4) is 0 Å². The van der Waals surface area contributed by atoms with Crippen LogP contribution < -0.4 is 5.19 Å². The smallest absolute Gasteiger partial charge is 0.306 e. The third-order valence-electron chi connectivity index (χ3n) is 6.18. The number of hydrogen-bond acceptors (Lipinski definition) is 2. The number of esters is 1. The number of carbonyl (C=O) groups excluding carboxylic acids is 1. The summed E-state index contributed by atoms with van der Waals surface area (Å²) in [7, 11) is -1.87. The minimum Gasteiger partial charge on any atom is -0.462 e. The number of ether oxygens (including phenoxy) is 1. The van der Waals surface area contributed by atoms with Crippen LogP contribution >= 0.6 is 0 Å². The van der Waals surface area contributed by atoms with Crippen molar-refractivity contribution in [2.24, 2.45) is 17.8 Å². The molecular weight excluding hydrogens is 312 g/mol. The molecular formula is C21H34O2Si. The lowest BCUT2D eigenvalue weighted by molar-refractivity contribution is -0.155. The first-order chi connectivity index (χ1) is 11.2. The molecule has 0 saturated heterocycles. The maximum absolute atomic E-state index is 12.9. The van der Waals surface area contributed by atoms with Crippen LogP contribution in [0.15, 0.2) is 30.3 Å². The monoisotopic (exact) mass is 346 g/mol. The fourth-order valence-corrected chi connectivity index (χ4v) is 6.12. The van der Waals surface area contributed by atoms with Crippen LogP contribution in [0.4, 0.5) is 0 Å². The predicted molar refractivity (Wildman–Crippen MR) is 104 cm³/mol. The van der Waals surface area contributed by atoms with Gasteiger partial charge in [-0.25, -0.2) is 0 Å². The van der Waals surface area contributed by atoms with Gasteiger partial charge in [0, 0.05) is 0 Å². The van der Waals surface area contributed by atoms with Gasteiger partial charge < -0.3 is 4.74 Å². The van der Waals surface area contributed by atoms with E-state index in [1.165, 1.54) is 18.0 Å². The van der Waals surface area contributed by atoms with Gasteiger partial charge in [-0.2, -0.15) is 0 Å². The Morgan fingerprint density at radius 3 is 2.33 bits per heavy atom. The SMILES string of the molecule is CC(C)[C@@H]1CC[C@@H](C)C[C@H]1OC(=O)[C@@H](C)[Si](C)(C)c1ccccc1. The predicted octanol–water partition coefficient (Wildman–Crippen LogP) is 5.00. The molecule has 2 rings (SSSR count). The standard InChI is InChI=1S/C21H34O2Si/c1-15(2)19-13-12-16(3)14-20(19)23-21(22)17(4)24(5,6)18-10-8-7-9-11-18/h7-11,15-17,19-20H,12-14H2,1-6H3/t16-,17-,19+,20-/m1/s1. The molecule has 1 fully saturated rings. The van der Waals surface area contributed by atoms with E-state index in [-0.39, 0.29) is 17.6 Å². The van der Waals surface area contributed by atoms with Gasteiger partial charge >= 0.3 is 5.97 Å². The summed E-state index contributed by atoms with van der Waals surface area (Å²) < 4.78 is 6.10. The average molecular weight is 347 g/mol. The second-order valence-electron chi connectivity index (χ2n) is 8.61. The minimum atomic E-state index is -1.87. The lowest BCUT2D eigenvalue weighted by Gasteiger charge is -2.38. The molecule has 1 aromatic rings. The molecule has 0 unspecified atom stereocenters. The van der Waals surface area contributed by atoms with Crippen LogP contribution in [-0.4, -0.2) is 20.1 Å². The third-order valence-corrected chi connectivity index (χ3v) is 10.4. The molecule has 3 heteroatoms. The molecule has 0 amide bonds. The lowest BCUT2D eigenvalue weighted by Crippen LogP contribution is -2.49. The van der Waals surface area contributed by atoms with Gasteiger partial charge in [0.25, 0.3) is 0 Å². The van der Waals surface area contributed by atoms with Gasteiger partial charge in [-0.1, -0.05) is 82.7 Å². The van der Waals surface area contributed by atoms with Gasteiger partial charge in [0.05, 0.1) is 13.6 Å². The largest absolute Gasteiger partial charge is 0.462 e. The zero-order chi connectivity index (χ0) is 17.9. The number of hydrogen-bond donors (Lipinski definition) is 0. The Morgan fingerprint density at radius 1 is 1.12 bits per heavy atom. The third kappa shape index (κ3) is 4.30. The van der Waals surface area contributed by atoms with Gasteiger partial charge in [0.1, 0.15) is 6.10 Å². The van der Waals surface area contributed by atoms with Gasteiger partial charge in [0.2, 0.25) is 0 Å². The summed E-state index contributed by atoms with van der Waals surface area (Å²) >= 11 is 0. The Morgan fingerprint density at radius 2 is 1.75 bits per heavy atom. The lowest BCUT2D eigenvalue weighted by atomic mass is 9.75. The molecule has 1 aliphatic rings. The van der Waals surface area contributed by atoms with Gasteiger partial charge in [0.15, 0.2) is 0 Å². The summed E-state index contributed by atoms with van der Waals surface area (Å²) in [5.74, 6) is 1.76. The molecule has 1 saturated carbocycles. The molecule has 0 heterocycles. The van der Waals surface area contributed by atoms with Crippen molar-refractivity contribution in [1.82, 2.24) is 0 Å². The van der Waals surface area contributed by atoms with Crippen LogP contribution in [0.1, 0.15) is 47.0 Å².